The standard InChI is InChI=1S/C28H25N5O4S2/c1-18-12-14-20(15-13-18)32-27(35)25-21-9-3-5-11-23(21)39-26(25)30-28(32)38-17-24(34)31-29-16-6-8-19-7-2-4-10-22(19)33(36)37/h2,4,6-8,10,12-16H,3,5,9,11,17H2,1H3,(H,31,34)/b8-6+,29-16-. The molecule has 1 aliphatic rings. The number of nitro groups is 1. The van der Waals surface area contributed by atoms with E-state index in [2.05, 4.69) is 10.5 Å². The maximum atomic E-state index is 13.8. The summed E-state index contributed by atoms with van der Waals surface area (Å²) in [6.45, 7) is 1.99. The van der Waals surface area contributed by atoms with Gasteiger partial charge in [0.2, 0.25) is 0 Å². The highest BCUT2D eigenvalue weighted by Gasteiger charge is 2.23. The number of nitrogens with one attached hydrogen (secondary N) is 1. The molecule has 39 heavy (non-hydrogen) atoms. The molecule has 1 N–H and O–H groups in total. The van der Waals surface area contributed by atoms with Crippen LogP contribution in [0.3, 0.4) is 0 Å². The second-order valence-electron chi connectivity index (χ2n) is 9.04. The zero-order valence-corrected chi connectivity index (χ0v) is 22.8. The summed E-state index contributed by atoms with van der Waals surface area (Å²) < 4.78 is 1.60. The molecular weight excluding hydrogens is 534 g/mol. The van der Waals surface area contributed by atoms with Crippen LogP contribution in [0.25, 0.3) is 22.0 Å². The number of aromatic nitrogens is 2. The third kappa shape index (κ3) is 5.84. The Bertz CT molecular complexity index is 1670. The highest BCUT2D eigenvalue weighted by molar-refractivity contribution is 7.99. The lowest BCUT2D eigenvalue weighted by atomic mass is 9.97. The van der Waals surface area contributed by atoms with Crippen molar-refractivity contribution in [2.75, 3.05) is 5.75 Å². The van der Waals surface area contributed by atoms with Crippen molar-refractivity contribution in [3.05, 3.63) is 96.6 Å². The monoisotopic (exact) mass is 559 g/mol. The third-order valence-corrected chi connectivity index (χ3v) is 8.47. The number of carbonyl (C=O) groups is 1. The van der Waals surface area contributed by atoms with Gasteiger partial charge in [-0.15, -0.1) is 11.3 Å². The van der Waals surface area contributed by atoms with E-state index in [0.717, 1.165) is 41.6 Å². The van der Waals surface area contributed by atoms with E-state index in [1.165, 1.54) is 35.0 Å². The van der Waals surface area contributed by atoms with Gasteiger partial charge in [-0.05, 0) is 68.5 Å². The van der Waals surface area contributed by atoms with Gasteiger partial charge in [0.25, 0.3) is 17.2 Å². The molecule has 0 atom stereocenters. The number of benzene rings is 2. The molecule has 0 aliphatic heterocycles. The van der Waals surface area contributed by atoms with Gasteiger partial charge in [0.1, 0.15) is 4.83 Å². The Kier molecular flexibility index (Phi) is 7.99. The number of allylic oxidation sites excluding steroid dienone is 1. The number of hydrogen-bond donors (Lipinski definition) is 1. The van der Waals surface area contributed by atoms with Crippen LogP contribution in [0, 0.1) is 17.0 Å². The molecule has 9 nitrogen and oxygen atoms in total. The van der Waals surface area contributed by atoms with Crippen LogP contribution >= 0.6 is 23.1 Å². The first kappa shape index (κ1) is 26.5. The van der Waals surface area contributed by atoms with Gasteiger partial charge < -0.3 is 0 Å². The molecule has 0 radical (unpaired) electrons. The number of nitro benzene ring substituents is 1. The summed E-state index contributed by atoms with van der Waals surface area (Å²) in [4.78, 5) is 43.8. The first-order valence-corrected chi connectivity index (χ1v) is 14.2. The van der Waals surface area contributed by atoms with E-state index in [9.17, 15) is 19.7 Å². The molecule has 0 unspecified atom stereocenters. The molecule has 0 saturated heterocycles. The number of fused-ring (bicyclic) bond motifs is 3. The predicted octanol–water partition coefficient (Wildman–Crippen LogP) is 5.45. The normalized spacial score (nSPS) is 13.3. The van der Waals surface area contributed by atoms with Crippen molar-refractivity contribution < 1.29 is 9.72 Å². The molecule has 0 saturated carbocycles. The van der Waals surface area contributed by atoms with Crippen molar-refractivity contribution >= 4 is 57.2 Å². The summed E-state index contributed by atoms with van der Waals surface area (Å²) in [7, 11) is 0. The average Bonchev–Trinajstić information content (AvgIpc) is 3.31. The van der Waals surface area contributed by atoms with Crippen molar-refractivity contribution in [1.82, 2.24) is 15.0 Å². The Morgan fingerprint density at radius 2 is 1.97 bits per heavy atom. The Balaban J connectivity index is 1.34. The quantitative estimate of drug-likeness (QED) is 0.101. The molecule has 0 bridgehead atoms. The van der Waals surface area contributed by atoms with Crippen molar-refractivity contribution in [2.24, 2.45) is 5.10 Å². The molecule has 1 aliphatic carbocycles. The van der Waals surface area contributed by atoms with Gasteiger partial charge in [-0.3, -0.25) is 24.3 Å². The van der Waals surface area contributed by atoms with Crippen LogP contribution < -0.4 is 11.0 Å². The van der Waals surface area contributed by atoms with E-state index in [0.29, 0.717) is 21.8 Å². The molecule has 5 rings (SSSR count). The van der Waals surface area contributed by atoms with Crippen LogP contribution in [-0.4, -0.2) is 32.3 Å². The molecule has 0 fully saturated rings. The summed E-state index contributed by atoms with van der Waals surface area (Å²) in [6.07, 6.45) is 8.45. The van der Waals surface area contributed by atoms with Crippen LogP contribution in [0.4, 0.5) is 5.69 Å². The molecule has 2 heterocycles. The van der Waals surface area contributed by atoms with Crippen molar-refractivity contribution in [1.29, 1.82) is 0 Å². The summed E-state index contributed by atoms with van der Waals surface area (Å²) in [5, 5.41) is 16.2. The van der Waals surface area contributed by atoms with Crippen molar-refractivity contribution in [3.63, 3.8) is 0 Å². The smallest absolute Gasteiger partial charge is 0.272 e. The van der Waals surface area contributed by atoms with E-state index in [1.807, 2.05) is 31.2 Å². The highest BCUT2D eigenvalue weighted by atomic mass is 32.2. The molecule has 11 heteroatoms. The van der Waals surface area contributed by atoms with Crippen LogP contribution in [0.5, 0.6) is 0 Å². The topological polar surface area (TPSA) is 119 Å². The van der Waals surface area contributed by atoms with Crippen LogP contribution in [0.1, 0.15) is 34.4 Å². The number of thiophene rings is 1. The van der Waals surface area contributed by atoms with E-state index in [-0.39, 0.29) is 22.9 Å². The number of carbonyl (C=O) groups excluding carboxylic acids is 1. The lowest BCUT2D eigenvalue weighted by Crippen LogP contribution is -2.24. The predicted molar refractivity (Wildman–Crippen MR) is 156 cm³/mol. The molecule has 1 amide bonds. The van der Waals surface area contributed by atoms with Gasteiger partial charge in [-0.1, -0.05) is 41.6 Å². The molecule has 4 aromatic rings. The zero-order valence-electron chi connectivity index (χ0n) is 21.1. The summed E-state index contributed by atoms with van der Waals surface area (Å²) >= 11 is 2.75. The first-order valence-electron chi connectivity index (χ1n) is 12.4. The SMILES string of the molecule is Cc1ccc(-n2c(SCC(=O)N/N=C\C=C\c3ccccc3[N+](=O)[O-])nc3sc4c(c3c2=O)CCCC4)cc1. The Labute approximate surface area is 232 Å². The number of rotatable bonds is 8. The van der Waals surface area contributed by atoms with Gasteiger partial charge in [-0.25, -0.2) is 10.4 Å². The van der Waals surface area contributed by atoms with E-state index >= 15 is 0 Å². The maximum Gasteiger partial charge on any atom is 0.276 e. The van der Waals surface area contributed by atoms with Gasteiger partial charge >= 0.3 is 0 Å². The number of thioether (sulfide) groups is 1. The second kappa shape index (κ2) is 11.7. The minimum atomic E-state index is -0.456. The summed E-state index contributed by atoms with van der Waals surface area (Å²) in [5.74, 6) is -0.370. The minimum Gasteiger partial charge on any atom is -0.272 e. The number of para-hydroxylation sites is 1. The Hall–Kier alpha value is -4.09. The summed E-state index contributed by atoms with van der Waals surface area (Å²) in [6, 6.07) is 14.0. The van der Waals surface area contributed by atoms with Crippen molar-refractivity contribution in [2.45, 2.75) is 37.8 Å². The van der Waals surface area contributed by atoms with E-state index in [1.54, 1.807) is 40.2 Å². The van der Waals surface area contributed by atoms with Crippen LogP contribution in [0.15, 0.2) is 69.7 Å². The number of hydrazone groups is 1. The van der Waals surface area contributed by atoms with Crippen molar-refractivity contribution in [3.8, 4) is 5.69 Å². The van der Waals surface area contributed by atoms with Gasteiger partial charge in [0.05, 0.1) is 27.3 Å². The zero-order chi connectivity index (χ0) is 27.4. The summed E-state index contributed by atoms with van der Waals surface area (Å²) in [5.41, 5.74) is 5.66. The molecule has 198 valence electrons. The maximum absolute atomic E-state index is 13.8. The lowest BCUT2D eigenvalue weighted by molar-refractivity contribution is -0.385. The van der Waals surface area contributed by atoms with Gasteiger partial charge in [-0.2, -0.15) is 5.10 Å². The fourth-order valence-electron chi connectivity index (χ4n) is 4.46. The fraction of sp³-hybridized carbons (Fsp3) is 0.214. The molecule has 0 spiro atoms. The van der Waals surface area contributed by atoms with E-state index in [4.69, 9.17) is 4.98 Å². The number of aryl methyl sites for hydroxylation is 3. The Morgan fingerprint density at radius 1 is 1.21 bits per heavy atom. The average molecular weight is 560 g/mol. The highest BCUT2D eigenvalue weighted by Crippen LogP contribution is 2.35. The Morgan fingerprint density at radius 3 is 2.77 bits per heavy atom. The number of amides is 1. The molecule has 2 aromatic carbocycles. The third-order valence-electron chi connectivity index (χ3n) is 6.34. The number of nitrogens with zero attached hydrogens (tertiary/aromatic N) is 4. The molecular formula is C28H25N5O4S2. The fourth-order valence-corrected chi connectivity index (χ4v) is 6.57. The van der Waals surface area contributed by atoms with Gasteiger partial charge in [0.15, 0.2) is 5.16 Å². The van der Waals surface area contributed by atoms with Gasteiger partial charge in [0, 0.05) is 17.2 Å². The minimum absolute atomic E-state index is 0.000108. The molecule has 2 aromatic heterocycles. The lowest BCUT2D eigenvalue weighted by Gasteiger charge is -2.13. The van der Waals surface area contributed by atoms with Crippen LogP contribution in [-0.2, 0) is 17.6 Å². The number of hydrogen-bond acceptors (Lipinski definition) is 8. The van der Waals surface area contributed by atoms with E-state index < -0.39 is 4.92 Å². The largest absolute Gasteiger partial charge is 0.276 e. The van der Waals surface area contributed by atoms with Crippen LogP contribution in [0.2, 0.25) is 0 Å². The first-order chi connectivity index (χ1) is 18.9. The second-order valence-corrected chi connectivity index (χ2v) is 11.1.